The normalized spacial score (nSPS) is 12.5. The number of anilines is 1. The number of amides is 2. The molecule has 35 heavy (non-hydrogen) atoms. The number of hydrogen-bond acceptors (Lipinski definition) is 8. The summed E-state index contributed by atoms with van der Waals surface area (Å²) in [5, 5.41) is 6.71. The van der Waals surface area contributed by atoms with Gasteiger partial charge in [0, 0.05) is 42.6 Å². The first-order chi connectivity index (χ1) is 16.7. The molecule has 2 N–H and O–H groups in total. The van der Waals surface area contributed by atoms with Crippen LogP contribution in [0.2, 0.25) is 0 Å². The van der Waals surface area contributed by atoms with Crippen molar-refractivity contribution in [2.75, 3.05) is 31.3 Å². The number of carbonyl (C=O) groups is 2. The van der Waals surface area contributed by atoms with Gasteiger partial charge in [0.15, 0.2) is 0 Å². The number of aromatic nitrogens is 2. The maximum atomic E-state index is 12.9. The summed E-state index contributed by atoms with van der Waals surface area (Å²) < 4.78 is 28.1. The van der Waals surface area contributed by atoms with E-state index in [4.69, 9.17) is 9.47 Å². The van der Waals surface area contributed by atoms with Gasteiger partial charge in [0.2, 0.25) is 5.91 Å². The minimum absolute atomic E-state index is 0.0934. The van der Waals surface area contributed by atoms with E-state index in [-0.39, 0.29) is 19.1 Å². The van der Waals surface area contributed by atoms with Crippen LogP contribution < -0.4 is 15.4 Å². The number of halogens is 1. The lowest BCUT2D eigenvalue weighted by Gasteiger charge is -2.13. The number of benzene rings is 2. The van der Waals surface area contributed by atoms with Gasteiger partial charge < -0.3 is 20.1 Å². The molecule has 186 valence electrons. The van der Waals surface area contributed by atoms with Crippen molar-refractivity contribution in [3.05, 3.63) is 52.8 Å². The van der Waals surface area contributed by atoms with Crippen LogP contribution in [-0.2, 0) is 25.9 Å². The van der Waals surface area contributed by atoms with Gasteiger partial charge in [0.1, 0.15) is 24.5 Å². The van der Waals surface area contributed by atoms with Crippen molar-refractivity contribution in [1.29, 1.82) is 0 Å². The van der Waals surface area contributed by atoms with E-state index in [1.54, 1.807) is 31.2 Å². The molecule has 1 unspecified atom stereocenters. The molecule has 10 nitrogen and oxygen atoms in total. The van der Waals surface area contributed by atoms with Crippen molar-refractivity contribution in [3.63, 3.8) is 0 Å². The zero-order valence-corrected chi connectivity index (χ0v) is 21.9. The fourth-order valence-electron chi connectivity index (χ4n) is 3.11. The van der Waals surface area contributed by atoms with E-state index in [0.29, 0.717) is 39.5 Å². The first kappa shape index (κ1) is 26.4. The Kier molecular flexibility index (Phi) is 8.99. The number of nitrogens with zero attached hydrogens (tertiary/aromatic N) is 3. The highest BCUT2D eigenvalue weighted by molar-refractivity contribution is 9.10. The van der Waals surface area contributed by atoms with Crippen molar-refractivity contribution in [1.82, 2.24) is 15.3 Å². The van der Waals surface area contributed by atoms with Crippen molar-refractivity contribution in [3.8, 4) is 5.75 Å². The summed E-state index contributed by atoms with van der Waals surface area (Å²) >= 11 is 3.54. The summed E-state index contributed by atoms with van der Waals surface area (Å²) in [5.74, 6) is 1.12. The van der Waals surface area contributed by atoms with Gasteiger partial charge in [-0.05, 0) is 46.6 Å². The van der Waals surface area contributed by atoms with E-state index in [1.165, 1.54) is 19.5 Å². The number of ether oxygens (including phenoxy) is 2. The second-order valence-electron chi connectivity index (χ2n) is 7.46. The molecule has 0 spiro atoms. The summed E-state index contributed by atoms with van der Waals surface area (Å²) in [4.78, 5) is 31.7. The van der Waals surface area contributed by atoms with Crippen molar-refractivity contribution in [2.24, 2.45) is 4.36 Å². The Morgan fingerprint density at radius 2 is 1.97 bits per heavy atom. The highest BCUT2D eigenvalue weighted by atomic mass is 79.9. The third-order valence-electron chi connectivity index (χ3n) is 4.73. The molecule has 1 heterocycles. The maximum Gasteiger partial charge on any atom is 0.442 e. The molecule has 0 fully saturated rings. The van der Waals surface area contributed by atoms with Gasteiger partial charge in [-0.2, -0.15) is 0 Å². The third kappa shape index (κ3) is 7.36. The minimum atomic E-state index is -2.95. The van der Waals surface area contributed by atoms with E-state index in [9.17, 15) is 13.8 Å². The van der Waals surface area contributed by atoms with Crippen molar-refractivity contribution < 1.29 is 23.3 Å². The summed E-state index contributed by atoms with van der Waals surface area (Å²) in [6.07, 6.45) is 1.99. The van der Waals surface area contributed by atoms with E-state index in [1.807, 2.05) is 12.1 Å². The van der Waals surface area contributed by atoms with Crippen molar-refractivity contribution in [2.45, 2.75) is 25.3 Å². The molecule has 1 aromatic heterocycles. The predicted molar refractivity (Wildman–Crippen MR) is 137 cm³/mol. The van der Waals surface area contributed by atoms with Crippen LogP contribution in [0.15, 0.2) is 56.5 Å². The Labute approximate surface area is 212 Å². The fraction of sp³-hybridized carbons (Fsp3) is 0.304. The highest BCUT2D eigenvalue weighted by Gasteiger charge is 2.13. The lowest BCUT2D eigenvalue weighted by molar-refractivity contribution is -0.118. The van der Waals surface area contributed by atoms with Gasteiger partial charge in [0.05, 0.1) is 26.3 Å². The molecule has 1 atom stereocenters. The number of fused-ring (bicyclic) bond motifs is 1. The Bertz CT molecular complexity index is 1360. The largest absolute Gasteiger partial charge is 0.488 e. The molecule has 2 amide bonds. The van der Waals surface area contributed by atoms with Crippen LogP contribution in [0, 0.1) is 0 Å². The number of nitrogens with one attached hydrogen (secondary N) is 2. The third-order valence-corrected chi connectivity index (χ3v) is 6.97. The van der Waals surface area contributed by atoms with Crippen LogP contribution in [0.4, 0.5) is 10.6 Å². The predicted octanol–water partition coefficient (Wildman–Crippen LogP) is 4.13. The summed E-state index contributed by atoms with van der Waals surface area (Å²) in [6, 6.07) is 10.6. The zero-order valence-electron chi connectivity index (χ0n) is 19.5. The zero-order chi connectivity index (χ0) is 25.4. The minimum Gasteiger partial charge on any atom is -0.488 e. The number of rotatable bonds is 9. The van der Waals surface area contributed by atoms with Gasteiger partial charge >= 0.3 is 6.09 Å². The van der Waals surface area contributed by atoms with Gasteiger partial charge in [0.25, 0.3) is 0 Å². The van der Waals surface area contributed by atoms with Gasteiger partial charge in [-0.15, -0.1) is 4.36 Å². The molecule has 0 aliphatic rings. The molecule has 0 aliphatic carbocycles. The quantitative estimate of drug-likeness (QED) is 0.371. The first-order valence-electron chi connectivity index (χ1n) is 10.7. The van der Waals surface area contributed by atoms with E-state index in [2.05, 4.69) is 40.9 Å². The SMILES string of the molecule is CCOC(=O)N=S(C)(=O)c1cccc(COc2cc3ncnc(NCCNC(C)=O)c3cc2Br)c1. The Morgan fingerprint density at radius 3 is 2.71 bits per heavy atom. The number of hydrogen-bond donors (Lipinski definition) is 2. The molecule has 0 saturated heterocycles. The molecular weight excluding hydrogens is 538 g/mol. The summed E-state index contributed by atoms with van der Waals surface area (Å²) in [6.45, 7) is 4.46. The molecule has 2 aromatic carbocycles. The summed E-state index contributed by atoms with van der Waals surface area (Å²) in [7, 11) is -2.95. The Hall–Kier alpha value is -3.25. The standard InChI is InChI=1S/C23H26BrN5O5S/c1-4-33-23(31)29-35(3,32)17-7-5-6-16(10-17)13-34-21-12-20-18(11-19(21)24)22(28-14-27-20)26-9-8-25-15(2)30/h5-7,10-12,14H,4,8-9,13H2,1-3H3,(H,25,30)(H,26,27,28). The second kappa shape index (κ2) is 11.9. The first-order valence-corrected chi connectivity index (χ1v) is 13.4. The molecule has 0 radical (unpaired) electrons. The Balaban J connectivity index is 1.76. The van der Waals surface area contributed by atoms with Gasteiger partial charge in [-0.3, -0.25) is 4.79 Å². The van der Waals surface area contributed by atoms with Crippen LogP contribution in [0.1, 0.15) is 19.4 Å². The second-order valence-corrected chi connectivity index (χ2v) is 10.6. The molecular formula is C23H26BrN5O5S. The van der Waals surface area contributed by atoms with Crippen LogP contribution in [0.3, 0.4) is 0 Å². The topological polar surface area (TPSA) is 132 Å². The van der Waals surface area contributed by atoms with E-state index >= 15 is 0 Å². The van der Waals surface area contributed by atoms with Gasteiger partial charge in [-0.1, -0.05) is 12.1 Å². The van der Waals surface area contributed by atoms with Crippen LogP contribution in [0.25, 0.3) is 10.9 Å². The monoisotopic (exact) mass is 563 g/mol. The van der Waals surface area contributed by atoms with Gasteiger partial charge in [-0.25, -0.2) is 19.0 Å². The van der Waals surface area contributed by atoms with Crippen LogP contribution in [0.5, 0.6) is 5.75 Å². The smallest absolute Gasteiger partial charge is 0.442 e. The average molecular weight is 564 g/mol. The van der Waals surface area contributed by atoms with Crippen LogP contribution >= 0.6 is 15.9 Å². The van der Waals surface area contributed by atoms with E-state index in [0.717, 1.165) is 10.9 Å². The number of carbonyl (C=O) groups excluding carboxylic acids is 2. The molecule has 3 rings (SSSR count). The highest BCUT2D eigenvalue weighted by Crippen LogP contribution is 2.32. The molecule has 0 aliphatic heterocycles. The van der Waals surface area contributed by atoms with Crippen LogP contribution in [-0.4, -0.2) is 52.1 Å². The molecule has 3 aromatic rings. The fourth-order valence-corrected chi connectivity index (χ4v) is 4.71. The molecule has 0 saturated carbocycles. The average Bonchev–Trinajstić information content (AvgIpc) is 2.80. The van der Waals surface area contributed by atoms with E-state index < -0.39 is 15.8 Å². The lowest BCUT2D eigenvalue weighted by atomic mass is 10.2. The Morgan fingerprint density at radius 1 is 1.17 bits per heavy atom. The molecule has 0 bridgehead atoms. The molecule has 12 heteroatoms. The summed E-state index contributed by atoms with van der Waals surface area (Å²) in [5.41, 5.74) is 1.44. The maximum absolute atomic E-state index is 12.9. The van der Waals surface area contributed by atoms with Crippen molar-refractivity contribution >= 4 is 54.4 Å². The lowest BCUT2D eigenvalue weighted by Crippen LogP contribution is -2.26.